The summed E-state index contributed by atoms with van der Waals surface area (Å²) < 4.78 is 0. The van der Waals surface area contributed by atoms with Crippen LogP contribution in [0.15, 0.2) is 24.3 Å². The van der Waals surface area contributed by atoms with Gasteiger partial charge in [0.2, 0.25) is 0 Å². The van der Waals surface area contributed by atoms with E-state index < -0.39 is 0 Å². The third-order valence-corrected chi connectivity index (χ3v) is 2.16. The number of para-hydroxylation sites is 1. The quantitative estimate of drug-likeness (QED) is 0.575. The van der Waals surface area contributed by atoms with E-state index in [0.717, 1.165) is 10.9 Å². The number of alkyl halides is 1. The Labute approximate surface area is 80.5 Å². The fourth-order valence-corrected chi connectivity index (χ4v) is 1.43. The number of benzene rings is 1. The molecule has 65 valence electrons. The summed E-state index contributed by atoms with van der Waals surface area (Å²) in [6.07, 6.45) is 2.81. The van der Waals surface area contributed by atoms with Crippen LogP contribution >= 0.6 is 11.6 Å². The molecule has 0 aliphatic heterocycles. The molecule has 2 aromatic rings. The summed E-state index contributed by atoms with van der Waals surface area (Å²) in [5.41, 5.74) is 1.46. The van der Waals surface area contributed by atoms with Gasteiger partial charge in [0.05, 0.1) is 17.6 Å². The fraction of sp³-hybridized carbons (Fsp3) is 0.100. The topological polar surface area (TPSA) is 32.9 Å². The Morgan fingerprint density at radius 1 is 1.46 bits per heavy atom. The second kappa shape index (κ2) is 3.23. The number of Topliss-reactive ketones (excluding diaryl/α,β-unsaturated/α-hetero) is 1. The Bertz CT molecular complexity index is 447. The van der Waals surface area contributed by atoms with Crippen molar-refractivity contribution in [2.24, 2.45) is 0 Å². The van der Waals surface area contributed by atoms with Crippen molar-refractivity contribution >= 4 is 28.3 Å². The van der Waals surface area contributed by atoms with Gasteiger partial charge in [-0.3, -0.25) is 4.79 Å². The zero-order valence-corrected chi connectivity index (χ0v) is 7.56. The number of halogens is 1. The number of ketones is 1. The smallest absolute Gasteiger partial charge is 0.180 e. The van der Waals surface area contributed by atoms with Crippen LogP contribution in [-0.2, 0) is 0 Å². The molecule has 3 heteroatoms. The number of H-pyrrole nitrogens is 1. The van der Waals surface area contributed by atoms with Crippen LogP contribution in [0, 0.1) is 6.20 Å². The molecular formula is C10H7ClNO. The number of carbonyl (C=O) groups is 1. The summed E-state index contributed by atoms with van der Waals surface area (Å²) >= 11 is 5.46. The average Bonchev–Trinajstić information content (AvgIpc) is 2.60. The first-order valence-corrected chi connectivity index (χ1v) is 4.44. The van der Waals surface area contributed by atoms with Gasteiger partial charge in [0.15, 0.2) is 5.78 Å². The number of aromatic nitrogens is 1. The molecule has 2 nitrogen and oxygen atoms in total. The first kappa shape index (κ1) is 8.32. The molecule has 0 aliphatic rings. The standard InChI is InChI=1S/C10H7ClNO/c11-5-10(13)8-6-12-9-4-2-1-3-7(8)9/h1-4,12H,5H2. The maximum atomic E-state index is 11.3. The lowest BCUT2D eigenvalue weighted by atomic mass is 10.1. The highest BCUT2D eigenvalue weighted by Gasteiger charge is 2.10. The monoisotopic (exact) mass is 192 g/mol. The summed E-state index contributed by atoms with van der Waals surface area (Å²) in [4.78, 5) is 14.2. The minimum Gasteiger partial charge on any atom is -0.353 e. The fourth-order valence-electron chi connectivity index (χ4n) is 1.29. The van der Waals surface area contributed by atoms with Crippen molar-refractivity contribution < 1.29 is 4.79 Å². The summed E-state index contributed by atoms with van der Waals surface area (Å²) in [6, 6.07) is 7.57. The van der Waals surface area contributed by atoms with Crippen molar-refractivity contribution in [2.45, 2.75) is 0 Å². The molecule has 0 spiro atoms. The third-order valence-electron chi connectivity index (χ3n) is 1.92. The summed E-state index contributed by atoms with van der Waals surface area (Å²) in [5.74, 6) is -0.0997. The Balaban J connectivity index is 2.64. The molecule has 1 N–H and O–H groups in total. The van der Waals surface area contributed by atoms with E-state index in [1.165, 1.54) is 0 Å². The number of hydrogen-bond acceptors (Lipinski definition) is 1. The van der Waals surface area contributed by atoms with E-state index in [0.29, 0.717) is 5.56 Å². The Hall–Kier alpha value is -1.28. The van der Waals surface area contributed by atoms with Gasteiger partial charge < -0.3 is 4.98 Å². The molecule has 1 radical (unpaired) electrons. The average molecular weight is 193 g/mol. The van der Waals surface area contributed by atoms with Gasteiger partial charge in [0.1, 0.15) is 0 Å². The Morgan fingerprint density at radius 2 is 2.23 bits per heavy atom. The van der Waals surface area contributed by atoms with Crippen LogP contribution in [0.1, 0.15) is 10.4 Å². The van der Waals surface area contributed by atoms with E-state index in [1.807, 2.05) is 24.3 Å². The molecule has 0 aliphatic carbocycles. The highest BCUT2D eigenvalue weighted by molar-refractivity contribution is 6.31. The molecular weight excluding hydrogens is 186 g/mol. The van der Waals surface area contributed by atoms with Crippen molar-refractivity contribution in [3.05, 3.63) is 36.0 Å². The molecule has 1 aromatic heterocycles. The van der Waals surface area contributed by atoms with E-state index in [9.17, 15) is 4.79 Å². The van der Waals surface area contributed by atoms with Crippen LogP contribution in [0.4, 0.5) is 0 Å². The van der Waals surface area contributed by atoms with Crippen molar-refractivity contribution in [3.8, 4) is 0 Å². The molecule has 0 saturated carbocycles. The second-order valence-corrected chi connectivity index (χ2v) is 2.99. The Morgan fingerprint density at radius 3 is 3.00 bits per heavy atom. The lowest BCUT2D eigenvalue weighted by Gasteiger charge is -1.92. The molecule has 1 heterocycles. The van der Waals surface area contributed by atoms with E-state index in [-0.39, 0.29) is 11.7 Å². The van der Waals surface area contributed by atoms with Gasteiger partial charge in [-0.2, -0.15) is 0 Å². The minimum absolute atomic E-state index is 0.00164. The van der Waals surface area contributed by atoms with Crippen molar-refractivity contribution in [2.75, 3.05) is 5.88 Å². The summed E-state index contributed by atoms with van der Waals surface area (Å²) in [7, 11) is 0. The van der Waals surface area contributed by atoms with E-state index >= 15 is 0 Å². The van der Waals surface area contributed by atoms with Gasteiger partial charge in [-0.15, -0.1) is 11.6 Å². The van der Waals surface area contributed by atoms with E-state index in [2.05, 4.69) is 11.2 Å². The predicted octanol–water partition coefficient (Wildman–Crippen LogP) is 2.39. The van der Waals surface area contributed by atoms with Crippen LogP contribution in [-0.4, -0.2) is 16.6 Å². The largest absolute Gasteiger partial charge is 0.353 e. The van der Waals surface area contributed by atoms with E-state index in [1.54, 1.807) is 0 Å². The number of fused-ring (bicyclic) bond motifs is 1. The number of nitrogens with one attached hydrogen (secondary N) is 1. The lowest BCUT2D eigenvalue weighted by Crippen LogP contribution is -1.98. The molecule has 0 bridgehead atoms. The van der Waals surface area contributed by atoms with Crippen LogP contribution in [0.5, 0.6) is 0 Å². The number of carbonyl (C=O) groups excluding carboxylic acids is 1. The highest BCUT2D eigenvalue weighted by atomic mass is 35.5. The van der Waals surface area contributed by atoms with Crippen LogP contribution in [0.3, 0.4) is 0 Å². The molecule has 0 unspecified atom stereocenters. The number of hydrogen-bond donors (Lipinski definition) is 1. The number of aromatic amines is 1. The van der Waals surface area contributed by atoms with Gasteiger partial charge in [0.25, 0.3) is 0 Å². The zero-order chi connectivity index (χ0) is 9.26. The first-order valence-electron chi connectivity index (χ1n) is 3.90. The molecule has 1 aromatic carbocycles. The van der Waals surface area contributed by atoms with Crippen molar-refractivity contribution in [3.63, 3.8) is 0 Å². The molecule has 0 atom stereocenters. The zero-order valence-electron chi connectivity index (χ0n) is 6.80. The van der Waals surface area contributed by atoms with Crippen LogP contribution < -0.4 is 0 Å². The summed E-state index contributed by atoms with van der Waals surface area (Å²) in [6.45, 7) is 0. The molecule has 0 amide bonds. The van der Waals surface area contributed by atoms with Gasteiger partial charge in [-0.05, 0) is 6.07 Å². The molecule has 0 fully saturated rings. The van der Waals surface area contributed by atoms with Gasteiger partial charge in [-0.25, -0.2) is 0 Å². The second-order valence-electron chi connectivity index (χ2n) is 2.73. The SMILES string of the molecule is O=C(CCl)c1[c][nH]c2ccccc12. The highest BCUT2D eigenvalue weighted by Crippen LogP contribution is 2.17. The van der Waals surface area contributed by atoms with Crippen molar-refractivity contribution in [1.82, 2.24) is 4.98 Å². The Kier molecular flexibility index (Phi) is 2.07. The molecule has 13 heavy (non-hydrogen) atoms. The molecule has 0 saturated heterocycles. The van der Waals surface area contributed by atoms with Crippen LogP contribution in [0.2, 0.25) is 0 Å². The van der Waals surface area contributed by atoms with Gasteiger partial charge in [0, 0.05) is 10.9 Å². The maximum absolute atomic E-state index is 11.3. The lowest BCUT2D eigenvalue weighted by molar-refractivity contribution is 0.102. The van der Waals surface area contributed by atoms with Crippen molar-refractivity contribution in [1.29, 1.82) is 0 Å². The predicted molar refractivity (Wildman–Crippen MR) is 52.2 cm³/mol. The minimum atomic E-state index is -0.0980. The third kappa shape index (κ3) is 1.33. The first-order chi connectivity index (χ1) is 6.33. The normalized spacial score (nSPS) is 10.5. The van der Waals surface area contributed by atoms with Gasteiger partial charge >= 0.3 is 0 Å². The van der Waals surface area contributed by atoms with E-state index in [4.69, 9.17) is 11.6 Å². The van der Waals surface area contributed by atoms with Gasteiger partial charge in [-0.1, -0.05) is 18.2 Å². The summed E-state index contributed by atoms with van der Waals surface area (Å²) in [5, 5.41) is 0.883. The van der Waals surface area contributed by atoms with Crippen LogP contribution in [0.25, 0.3) is 10.9 Å². The maximum Gasteiger partial charge on any atom is 0.180 e. The number of rotatable bonds is 2. The molecule has 2 rings (SSSR count).